The van der Waals surface area contributed by atoms with Crippen LogP contribution in [0, 0.1) is 12.7 Å². The van der Waals surface area contributed by atoms with Crippen molar-refractivity contribution < 1.29 is 19.3 Å². The van der Waals surface area contributed by atoms with Crippen molar-refractivity contribution in [2.75, 3.05) is 0 Å². The van der Waals surface area contributed by atoms with Gasteiger partial charge in [0.2, 0.25) is 5.52 Å². The van der Waals surface area contributed by atoms with Crippen LogP contribution in [0.3, 0.4) is 0 Å². The second kappa shape index (κ2) is 6.67. The number of carbonyl (C=O) groups is 1. The molecule has 4 rings (SSSR count). The summed E-state index contributed by atoms with van der Waals surface area (Å²) in [6.07, 6.45) is 2.33. The number of H-pyrrole nitrogens is 1. The van der Waals surface area contributed by atoms with Gasteiger partial charge in [0.15, 0.2) is 5.69 Å². The molecule has 3 aromatic heterocycles. The molecular weight excluding hydrogens is 367 g/mol. The van der Waals surface area contributed by atoms with Gasteiger partial charge in [-0.25, -0.2) is 9.37 Å². The monoisotopic (exact) mass is 383 g/mol. The summed E-state index contributed by atoms with van der Waals surface area (Å²) in [4.78, 5) is 14.6. The van der Waals surface area contributed by atoms with E-state index in [0.717, 1.165) is 38.9 Å². The molecule has 0 unspecified atom stereocenters. The Balaban J connectivity index is 1.83. The number of rotatable bonds is 4. The molecule has 0 aliphatic heterocycles. The summed E-state index contributed by atoms with van der Waals surface area (Å²) < 4.78 is 15.3. The molecule has 3 heterocycles. The van der Waals surface area contributed by atoms with Crippen molar-refractivity contribution in [1.29, 1.82) is 0 Å². The number of halogens is 2. The van der Waals surface area contributed by atoms with Crippen molar-refractivity contribution in [2.45, 2.75) is 19.8 Å². The lowest BCUT2D eigenvalue weighted by Gasteiger charge is -2.01. The smallest absolute Gasteiger partial charge is 0.309 e. The van der Waals surface area contributed by atoms with Crippen LogP contribution in [0.4, 0.5) is 4.39 Å². The van der Waals surface area contributed by atoms with E-state index in [1.165, 1.54) is 12.1 Å². The number of benzene rings is 1. The number of nitrogens with zero attached hydrogens (tertiary/aromatic N) is 1. The SMILES string of the molecule is Cc1c(Cc2ccc3cc(F)ccc3[nH+]2)c2cc(Cl)ccn2c1CC(=O)O. The van der Waals surface area contributed by atoms with Crippen LogP contribution < -0.4 is 4.98 Å². The van der Waals surface area contributed by atoms with Gasteiger partial charge in [-0.15, -0.1) is 0 Å². The van der Waals surface area contributed by atoms with E-state index in [9.17, 15) is 14.3 Å². The molecule has 0 saturated carbocycles. The van der Waals surface area contributed by atoms with Crippen molar-refractivity contribution in [3.63, 3.8) is 0 Å². The summed E-state index contributed by atoms with van der Waals surface area (Å²) in [6.45, 7) is 1.94. The largest absolute Gasteiger partial charge is 0.481 e. The molecule has 4 aromatic rings. The fourth-order valence-corrected chi connectivity index (χ4v) is 3.72. The Labute approximate surface area is 159 Å². The molecule has 1 aromatic carbocycles. The van der Waals surface area contributed by atoms with Gasteiger partial charge < -0.3 is 9.51 Å². The number of carboxylic acid groups (broad SMARTS) is 1. The molecule has 0 spiro atoms. The number of hydrogen-bond acceptors (Lipinski definition) is 1. The Morgan fingerprint density at radius 3 is 2.81 bits per heavy atom. The van der Waals surface area contributed by atoms with E-state index in [0.29, 0.717) is 11.4 Å². The van der Waals surface area contributed by atoms with Gasteiger partial charge in [0.25, 0.3) is 0 Å². The molecule has 0 bridgehead atoms. The number of aromatic amines is 1. The van der Waals surface area contributed by atoms with E-state index in [2.05, 4.69) is 4.98 Å². The van der Waals surface area contributed by atoms with Gasteiger partial charge in [0.05, 0.1) is 18.4 Å². The quantitative estimate of drug-likeness (QED) is 0.573. The number of hydrogen-bond donors (Lipinski definition) is 1. The minimum absolute atomic E-state index is 0.0602. The maximum absolute atomic E-state index is 13.4. The van der Waals surface area contributed by atoms with Gasteiger partial charge in [-0.2, -0.15) is 0 Å². The van der Waals surface area contributed by atoms with Gasteiger partial charge in [-0.3, -0.25) is 4.79 Å². The molecule has 0 aliphatic carbocycles. The Bertz CT molecular complexity index is 1200. The summed E-state index contributed by atoms with van der Waals surface area (Å²) in [5.41, 5.74) is 5.39. The Kier molecular flexibility index (Phi) is 4.32. The molecular formula is C21H17ClFN2O2+. The molecule has 0 radical (unpaired) electrons. The second-order valence-corrected chi connectivity index (χ2v) is 7.05. The lowest BCUT2D eigenvalue weighted by atomic mass is 10.0. The first-order valence-electron chi connectivity index (χ1n) is 8.52. The minimum atomic E-state index is -0.877. The van der Waals surface area contributed by atoms with Crippen LogP contribution in [-0.2, 0) is 17.6 Å². The second-order valence-electron chi connectivity index (χ2n) is 6.61. The molecule has 6 heteroatoms. The van der Waals surface area contributed by atoms with Crippen molar-refractivity contribution >= 4 is 34.0 Å². The predicted octanol–water partition coefficient (Wildman–Crippen LogP) is 4.23. The van der Waals surface area contributed by atoms with Crippen LogP contribution in [0.2, 0.25) is 5.02 Å². The number of aromatic nitrogens is 2. The lowest BCUT2D eigenvalue weighted by molar-refractivity contribution is -0.356. The number of pyridine rings is 2. The van der Waals surface area contributed by atoms with Gasteiger partial charge in [0.1, 0.15) is 5.82 Å². The molecule has 2 N–H and O–H groups in total. The van der Waals surface area contributed by atoms with E-state index < -0.39 is 5.97 Å². The summed E-state index contributed by atoms with van der Waals surface area (Å²) in [6, 6.07) is 12.0. The molecule has 0 fully saturated rings. The van der Waals surface area contributed by atoms with Crippen LogP contribution in [-0.4, -0.2) is 15.5 Å². The van der Waals surface area contributed by atoms with Gasteiger partial charge in [0, 0.05) is 34.4 Å². The molecule has 4 nitrogen and oxygen atoms in total. The first-order valence-corrected chi connectivity index (χ1v) is 8.90. The maximum Gasteiger partial charge on any atom is 0.309 e. The number of carboxylic acids is 1. The third kappa shape index (κ3) is 3.26. The minimum Gasteiger partial charge on any atom is -0.481 e. The highest BCUT2D eigenvalue weighted by atomic mass is 35.5. The highest BCUT2D eigenvalue weighted by Gasteiger charge is 2.19. The zero-order valence-corrected chi connectivity index (χ0v) is 15.3. The zero-order valence-electron chi connectivity index (χ0n) is 14.6. The first kappa shape index (κ1) is 17.5. The third-order valence-electron chi connectivity index (χ3n) is 4.86. The highest BCUT2D eigenvalue weighted by Crippen LogP contribution is 2.28. The molecule has 0 atom stereocenters. The zero-order chi connectivity index (χ0) is 19.1. The molecule has 0 aliphatic rings. The standard InChI is InChI=1S/C21H16ClFN2O2/c1-12-17(10-16-4-2-13-8-15(23)3-5-18(13)24-16)20-9-14(22)6-7-25(20)19(12)11-21(26)27/h2-9H,10-11H2,1H3,(H,26,27)/p+1. The average molecular weight is 384 g/mol. The van der Waals surface area contributed by atoms with Gasteiger partial charge >= 0.3 is 5.97 Å². The van der Waals surface area contributed by atoms with E-state index >= 15 is 0 Å². The molecule has 27 heavy (non-hydrogen) atoms. The van der Waals surface area contributed by atoms with Crippen LogP contribution in [0.15, 0.2) is 48.7 Å². The molecule has 0 amide bonds. The Morgan fingerprint density at radius 2 is 2.04 bits per heavy atom. The van der Waals surface area contributed by atoms with Crippen molar-refractivity contribution in [3.05, 3.63) is 82.0 Å². The van der Waals surface area contributed by atoms with Crippen molar-refractivity contribution in [1.82, 2.24) is 4.40 Å². The fraction of sp³-hybridized carbons (Fsp3) is 0.143. The Hall–Kier alpha value is -2.92. The highest BCUT2D eigenvalue weighted by molar-refractivity contribution is 6.30. The summed E-state index contributed by atoms with van der Waals surface area (Å²) in [7, 11) is 0. The summed E-state index contributed by atoms with van der Waals surface area (Å²) in [5.74, 6) is -1.15. The topological polar surface area (TPSA) is 55.9 Å². The van der Waals surface area contributed by atoms with Crippen molar-refractivity contribution in [2.24, 2.45) is 0 Å². The van der Waals surface area contributed by atoms with Gasteiger partial charge in [-0.05, 0) is 48.4 Å². The van der Waals surface area contributed by atoms with E-state index in [1.807, 2.05) is 29.5 Å². The summed E-state index contributed by atoms with van der Waals surface area (Å²) in [5, 5.41) is 10.7. The van der Waals surface area contributed by atoms with Gasteiger partial charge in [-0.1, -0.05) is 11.6 Å². The van der Waals surface area contributed by atoms with E-state index in [1.54, 1.807) is 18.3 Å². The fourth-order valence-electron chi connectivity index (χ4n) is 3.56. The number of nitrogens with one attached hydrogen (secondary N) is 1. The number of aliphatic carboxylic acids is 1. The summed E-state index contributed by atoms with van der Waals surface area (Å²) >= 11 is 6.18. The van der Waals surface area contributed by atoms with Crippen molar-refractivity contribution in [3.8, 4) is 0 Å². The van der Waals surface area contributed by atoms with E-state index in [4.69, 9.17) is 11.6 Å². The maximum atomic E-state index is 13.4. The van der Waals surface area contributed by atoms with Crippen LogP contribution >= 0.6 is 11.6 Å². The lowest BCUT2D eigenvalue weighted by Crippen LogP contribution is -2.12. The van der Waals surface area contributed by atoms with Crippen LogP contribution in [0.25, 0.3) is 16.4 Å². The third-order valence-corrected chi connectivity index (χ3v) is 5.10. The Morgan fingerprint density at radius 1 is 1.22 bits per heavy atom. The number of fused-ring (bicyclic) bond motifs is 2. The predicted molar refractivity (Wildman–Crippen MR) is 102 cm³/mol. The molecule has 0 saturated heterocycles. The van der Waals surface area contributed by atoms with E-state index in [-0.39, 0.29) is 12.2 Å². The van der Waals surface area contributed by atoms with Crippen LogP contribution in [0.1, 0.15) is 22.5 Å². The first-order chi connectivity index (χ1) is 12.9. The normalized spacial score (nSPS) is 11.4. The molecule has 136 valence electrons. The average Bonchev–Trinajstić information content (AvgIpc) is 2.86. The van der Waals surface area contributed by atoms with Crippen LogP contribution in [0.5, 0.6) is 0 Å².